The van der Waals surface area contributed by atoms with Gasteiger partial charge in [0.05, 0.1) is 25.6 Å². The van der Waals surface area contributed by atoms with Crippen LogP contribution in [-0.2, 0) is 34.2 Å². The molecule has 0 amide bonds. The minimum atomic E-state index is 0. The number of aromatic nitrogens is 9. The summed E-state index contributed by atoms with van der Waals surface area (Å²) in [5, 5.41) is 14.0. The molecule has 4 heterocycles. The molecule has 4 aromatic heterocycles. The van der Waals surface area contributed by atoms with E-state index < -0.39 is 0 Å². The van der Waals surface area contributed by atoms with Crippen LogP contribution in [0.5, 0.6) is 0 Å². The van der Waals surface area contributed by atoms with Gasteiger partial charge in [-0.3, -0.25) is 15.3 Å². The Kier molecular flexibility index (Phi) is 11.2. The molecule has 0 unspecified atom stereocenters. The molecule has 6 rings (SSSR count). The molecule has 0 fully saturated rings. The fourth-order valence-electron chi connectivity index (χ4n) is 4.01. The van der Waals surface area contributed by atoms with E-state index in [2.05, 4.69) is 116 Å². The summed E-state index contributed by atoms with van der Waals surface area (Å²) in [5.74, 6) is 0.464. The van der Waals surface area contributed by atoms with Crippen LogP contribution >= 0.6 is 0 Å². The molecule has 219 valence electrons. The Morgan fingerprint density at radius 2 is 1.26 bits per heavy atom. The first kappa shape index (κ1) is 32.2. The predicted molar refractivity (Wildman–Crippen MR) is 154 cm³/mol. The number of aryl methyl sites for hydroxylation is 4. The van der Waals surface area contributed by atoms with E-state index in [4.69, 9.17) is 0 Å². The van der Waals surface area contributed by atoms with Crippen LogP contribution in [0.1, 0.15) is 33.9 Å². The SMILES string of the molecule is Cc1cc[c-]c(-n2[c-][n+](C)c(C)c2C)c1.Cc1cc[c-]c(-n2[c-][n+](C)c(C)c2C)c1.[Ir].c1ccc(-c2nnn[n-]2)nc1. The van der Waals surface area contributed by atoms with Crippen molar-refractivity contribution in [2.75, 3.05) is 0 Å². The van der Waals surface area contributed by atoms with Gasteiger partial charge in [0, 0.05) is 49.1 Å². The first-order valence-corrected chi connectivity index (χ1v) is 13.2. The number of pyridine rings is 1. The maximum absolute atomic E-state index is 4.02. The van der Waals surface area contributed by atoms with Crippen molar-refractivity contribution in [3.8, 4) is 22.9 Å². The Labute approximate surface area is 261 Å². The van der Waals surface area contributed by atoms with Crippen LogP contribution < -0.4 is 14.2 Å². The monoisotopic (exact) mass is 737 g/mol. The van der Waals surface area contributed by atoms with E-state index >= 15 is 0 Å². The molecule has 2 aromatic carbocycles. The molecule has 6 aromatic rings. The third kappa shape index (κ3) is 7.72. The predicted octanol–water partition coefficient (Wildman–Crippen LogP) is 3.54. The van der Waals surface area contributed by atoms with Gasteiger partial charge < -0.3 is 23.4 Å². The molecule has 0 spiro atoms. The van der Waals surface area contributed by atoms with Gasteiger partial charge in [-0.05, 0) is 39.8 Å². The van der Waals surface area contributed by atoms with E-state index in [0.29, 0.717) is 11.5 Å². The van der Waals surface area contributed by atoms with E-state index in [9.17, 15) is 0 Å². The van der Waals surface area contributed by atoms with Gasteiger partial charge in [-0.15, -0.1) is 0 Å². The summed E-state index contributed by atoms with van der Waals surface area (Å²) in [6, 6.07) is 24.2. The van der Waals surface area contributed by atoms with Gasteiger partial charge in [0.25, 0.3) is 0 Å². The molecule has 0 bridgehead atoms. The van der Waals surface area contributed by atoms with E-state index in [1.54, 1.807) is 12.3 Å². The number of rotatable bonds is 3. The van der Waals surface area contributed by atoms with Crippen molar-refractivity contribution in [2.24, 2.45) is 14.1 Å². The van der Waals surface area contributed by atoms with Gasteiger partial charge in [-0.2, -0.15) is 64.9 Å². The molecule has 0 N–H and O–H groups in total. The molecule has 0 aliphatic rings. The number of imidazole rings is 2. The Balaban J connectivity index is 0.000000173. The Morgan fingerprint density at radius 1 is 0.738 bits per heavy atom. The van der Waals surface area contributed by atoms with E-state index in [0.717, 1.165) is 11.4 Å². The molecule has 1 radical (unpaired) electrons. The molecule has 0 aliphatic heterocycles. The van der Waals surface area contributed by atoms with Crippen molar-refractivity contribution in [2.45, 2.75) is 41.5 Å². The third-order valence-electron chi connectivity index (χ3n) is 6.80. The zero-order valence-electron chi connectivity index (χ0n) is 25.1. The second-order valence-electron chi connectivity index (χ2n) is 9.75. The summed E-state index contributed by atoms with van der Waals surface area (Å²) < 4.78 is 8.10. The van der Waals surface area contributed by atoms with Crippen molar-refractivity contribution < 1.29 is 29.2 Å². The zero-order valence-corrected chi connectivity index (χ0v) is 27.5. The van der Waals surface area contributed by atoms with Crippen molar-refractivity contribution in [1.29, 1.82) is 0 Å². The standard InChI is InChI=1S/2C13H15N2.C6H4N5.Ir/c2*1-10-6-5-7-13(8-10)15-9-14(4)11(2)12(15)3;1-2-4-7-5(3-1)6-8-10-11-9-6;/h2*5-6,8H,1-4H3;1-4H;/q3*-1;. The van der Waals surface area contributed by atoms with Gasteiger partial charge in [0.15, 0.2) is 0 Å². The van der Waals surface area contributed by atoms with Crippen LogP contribution in [0.2, 0.25) is 0 Å². The van der Waals surface area contributed by atoms with Gasteiger partial charge >= 0.3 is 0 Å². The third-order valence-corrected chi connectivity index (χ3v) is 6.80. The van der Waals surface area contributed by atoms with Crippen molar-refractivity contribution in [3.63, 3.8) is 0 Å². The molecular formula is C32H34IrN9-3. The van der Waals surface area contributed by atoms with Crippen molar-refractivity contribution in [3.05, 3.63) is 119 Å². The molecule has 10 heteroatoms. The van der Waals surface area contributed by atoms with E-state index in [1.807, 2.05) is 56.6 Å². The quantitative estimate of drug-likeness (QED) is 0.205. The van der Waals surface area contributed by atoms with Crippen LogP contribution in [0, 0.1) is 66.3 Å². The average Bonchev–Trinajstić information content (AvgIpc) is 3.67. The fraction of sp³-hybridized carbons (Fsp3) is 0.250. The van der Waals surface area contributed by atoms with Gasteiger partial charge in [-0.25, -0.2) is 0 Å². The second kappa shape index (κ2) is 14.6. The van der Waals surface area contributed by atoms with Crippen molar-refractivity contribution in [1.82, 2.24) is 34.7 Å². The number of nitrogens with zero attached hydrogens (tertiary/aromatic N) is 9. The van der Waals surface area contributed by atoms with Crippen LogP contribution in [0.3, 0.4) is 0 Å². The van der Waals surface area contributed by atoms with Gasteiger partial charge in [-0.1, -0.05) is 31.3 Å². The normalized spacial score (nSPS) is 10.2. The molecule has 42 heavy (non-hydrogen) atoms. The van der Waals surface area contributed by atoms with Gasteiger partial charge in [0.1, 0.15) is 0 Å². The van der Waals surface area contributed by atoms with Gasteiger partial charge in [0.2, 0.25) is 12.7 Å². The summed E-state index contributed by atoms with van der Waals surface area (Å²) in [4.78, 5) is 4.02. The van der Waals surface area contributed by atoms with Crippen LogP contribution in [0.25, 0.3) is 22.9 Å². The molecule has 9 nitrogen and oxygen atoms in total. The number of hydrogen-bond acceptors (Lipinski definition) is 4. The topological polar surface area (TPSA) is 83.3 Å². The molecule has 0 saturated heterocycles. The summed E-state index contributed by atoms with van der Waals surface area (Å²) in [6.07, 6.45) is 8.19. The number of tetrazole rings is 1. The largest absolute Gasteiger partial charge is 0.345 e. The smallest absolute Gasteiger partial charge is 0.241 e. The Bertz CT molecular complexity index is 1630. The average molecular weight is 737 g/mol. The first-order valence-electron chi connectivity index (χ1n) is 13.2. The maximum atomic E-state index is 4.02. The first-order chi connectivity index (χ1) is 19.7. The Morgan fingerprint density at radius 3 is 1.62 bits per heavy atom. The van der Waals surface area contributed by atoms with E-state index in [1.165, 1.54) is 33.9 Å². The molecule has 0 atom stereocenters. The summed E-state index contributed by atoms with van der Waals surface area (Å²) in [5.41, 5.74) is 10.1. The molecular weight excluding hydrogens is 703 g/mol. The zero-order chi connectivity index (χ0) is 29.5. The van der Waals surface area contributed by atoms with Crippen LogP contribution in [0.15, 0.2) is 60.8 Å². The summed E-state index contributed by atoms with van der Waals surface area (Å²) >= 11 is 0. The maximum Gasteiger partial charge on any atom is 0.241 e. The number of hydrogen-bond donors (Lipinski definition) is 0. The minimum Gasteiger partial charge on any atom is -0.345 e. The van der Waals surface area contributed by atoms with Crippen LogP contribution in [0.4, 0.5) is 0 Å². The molecule has 0 saturated carbocycles. The minimum absolute atomic E-state index is 0. The second-order valence-corrected chi connectivity index (χ2v) is 9.75. The number of benzene rings is 2. The van der Waals surface area contributed by atoms with Crippen LogP contribution in [-0.4, -0.2) is 29.6 Å². The molecule has 0 aliphatic carbocycles. The Hall–Kier alpha value is -4.27. The van der Waals surface area contributed by atoms with Crippen molar-refractivity contribution >= 4 is 0 Å². The fourth-order valence-corrected chi connectivity index (χ4v) is 4.01. The summed E-state index contributed by atoms with van der Waals surface area (Å²) in [6.45, 7) is 12.6. The summed E-state index contributed by atoms with van der Waals surface area (Å²) in [7, 11) is 4.02. The van der Waals surface area contributed by atoms with E-state index in [-0.39, 0.29) is 20.1 Å².